The molecular weight excluding hydrogens is 326 g/mol. The Hall–Kier alpha value is -3.62. The van der Waals surface area contributed by atoms with E-state index in [1.165, 1.54) is 7.11 Å². The molecule has 4 aromatic rings. The SMILES string of the molecule is COc1cccc2cc(C(=O)Nc3nnc(-c4ccn(C)n4)o3)oc12. The number of para-hydroxylation sites is 1. The summed E-state index contributed by atoms with van der Waals surface area (Å²) in [5, 5.41) is 15.1. The number of rotatable bonds is 4. The number of ether oxygens (including phenoxy) is 1. The van der Waals surface area contributed by atoms with Crippen LogP contribution >= 0.6 is 0 Å². The summed E-state index contributed by atoms with van der Waals surface area (Å²) in [5.74, 6) is 0.362. The average molecular weight is 339 g/mol. The second-order valence-corrected chi connectivity index (χ2v) is 5.23. The van der Waals surface area contributed by atoms with Gasteiger partial charge < -0.3 is 13.6 Å². The number of carbonyl (C=O) groups excluding carboxylic acids is 1. The Kier molecular flexibility index (Phi) is 3.46. The molecule has 0 aliphatic heterocycles. The van der Waals surface area contributed by atoms with E-state index in [1.54, 1.807) is 36.1 Å². The molecule has 0 atom stereocenters. The number of benzene rings is 1. The van der Waals surface area contributed by atoms with Crippen LogP contribution in [0.1, 0.15) is 10.6 Å². The van der Waals surface area contributed by atoms with Crippen LogP contribution in [0.3, 0.4) is 0 Å². The molecule has 3 heterocycles. The fourth-order valence-corrected chi connectivity index (χ4v) is 2.37. The normalized spacial score (nSPS) is 11.0. The second kappa shape index (κ2) is 5.78. The molecule has 1 N–H and O–H groups in total. The molecule has 0 spiro atoms. The molecule has 9 nitrogen and oxygen atoms in total. The molecule has 0 radical (unpaired) electrons. The summed E-state index contributed by atoms with van der Waals surface area (Å²) >= 11 is 0. The van der Waals surface area contributed by atoms with Crippen LogP contribution in [-0.2, 0) is 7.05 Å². The minimum atomic E-state index is -0.505. The zero-order chi connectivity index (χ0) is 17.4. The van der Waals surface area contributed by atoms with Gasteiger partial charge in [0.05, 0.1) is 7.11 Å². The number of methoxy groups -OCH3 is 1. The smallest absolute Gasteiger partial charge is 0.322 e. The van der Waals surface area contributed by atoms with E-state index in [0.717, 1.165) is 5.39 Å². The Bertz CT molecular complexity index is 1060. The van der Waals surface area contributed by atoms with Crippen LogP contribution in [0.2, 0.25) is 0 Å². The van der Waals surface area contributed by atoms with E-state index in [9.17, 15) is 4.79 Å². The molecule has 0 bridgehead atoms. The van der Waals surface area contributed by atoms with E-state index in [-0.39, 0.29) is 17.7 Å². The number of aromatic nitrogens is 4. The van der Waals surface area contributed by atoms with Gasteiger partial charge in [-0.2, -0.15) is 5.10 Å². The summed E-state index contributed by atoms with van der Waals surface area (Å²) in [6.45, 7) is 0. The number of hydrogen-bond acceptors (Lipinski definition) is 7. The zero-order valence-corrected chi connectivity index (χ0v) is 13.4. The summed E-state index contributed by atoms with van der Waals surface area (Å²) in [6.07, 6.45) is 1.75. The molecule has 0 saturated carbocycles. The molecule has 0 saturated heterocycles. The van der Waals surface area contributed by atoms with Crippen molar-refractivity contribution in [3.05, 3.63) is 42.3 Å². The van der Waals surface area contributed by atoms with E-state index in [4.69, 9.17) is 13.6 Å². The van der Waals surface area contributed by atoms with Gasteiger partial charge in [-0.25, -0.2) is 0 Å². The highest BCUT2D eigenvalue weighted by molar-refractivity contribution is 6.04. The molecule has 25 heavy (non-hydrogen) atoms. The molecule has 0 unspecified atom stereocenters. The van der Waals surface area contributed by atoms with Gasteiger partial charge >= 0.3 is 6.01 Å². The number of hydrogen-bond donors (Lipinski definition) is 1. The van der Waals surface area contributed by atoms with Crippen molar-refractivity contribution in [1.82, 2.24) is 20.0 Å². The summed E-state index contributed by atoms with van der Waals surface area (Å²) in [7, 11) is 3.31. The van der Waals surface area contributed by atoms with Crippen LogP contribution in [-0.4, -0.2) is 33.0 Å². The fourth-order valence-electron chi connectivity index (χ4n) is 2.37. The molecule has 3 aromatic heterocycles. The van der Waals surface area contributed by atoms with E-state index in [0.29, 0.717) is 17.0 Å². The quantitative estimate of drug-likeness (QED) is 0.608. The number of furan rings is 1. The monoisotopic (exact) mass is 339 g/mol. The molecule has 0 aliphatic carbocycles. The highest BCUT2D eigenvalue weighted by Crippen LogP contribution is 2.28. The standard InChI is InChI=1S/C16H13N5O4/c1-21-7-6-10(20-21)15-18-19-16(25-15)17-14(22)12-8-9-4-3-5-11(23-2)13(9)24-12/h3-8H,1-2H3,(H,17,19,22). The summed E-state index contributed by atoms with van der Waals surface area (Å²) < 4.78 is 17.8. The third kappa shape index (κ3) is 2.71. The summed E-state index contributed by atoms with van der Waals surface area (Å²) in [5.41, 5.74) is 1.01. The highest BCUT2D eigenvalue weighted by atomic mass is 16.5. The maximum atomic E-state index is 12.3. The van der Waals surface area contributed by atoms with E-state index < -0.39 is 5.91 Å². The Morgan fingerprint density at radius 2 is 2.12 bits per heavy atom. The van der Waals surface area contributed by atoms with Gasteiger partial charge in [-0.05, 0) is 18.2 Å². The molecule has 126 valence electrons. The topological polar surface area (TPSA) is 108 Å². The van der Waals surface area contributed by atoms with Crippen LogP contribution in [0.4, 0.5) is 6.01 Å². The largest absolute Gasteiger partial charge is 0.493 e. The highest BCUT2D eigenvalue weighted by Gasteiger charge is 2.18. The predicted molar refractivity (Wildman–Crippen MR) is 87.2 cm³/mol. The van der Waals surface area contributed by atoms with Crippen LogP contribution in [0.5, 0.6) is 5.75 Å². The molecule has 0 aliphatic rings. The van der Waals surface area contributed by atoms with Gasteiger partial charge in [0.1, 0.15) is 5.69 Å². The number of aryl methyl sites for hydroxylation is 1. The van der Waals surface area contributed by atoms with Crippen LogP contribution in [0, 0.1) is 0 Å². The van der Waals surface area contributed by atoms with E-state index in [1.807, 2.05) is 12.1 Å². The molecule has 9 heteroatoms. The van der Waals surface area contributed by atoms with Gasteiger partial charge in [0.15, 0.2) is 17.1 Å². The first kappa shape index (κ1) is 14.9. The van der Waals surface area contributed by atoms with Crippen molar-refractivity contribution in [2.45, 2.75) is 0 Å². The van der Waals surface area contributed by atoms with Gasteiger partial charge in [0.2, 0.25) is 0 Å². The first-order valence-corrected chi connectivity index (χ1v) is 7.35. The third-order valence-corrected chi connectivity index (χ3v) is 3.53. The summed E-state index contributed by atoms with van der Waals surface area (Å²) in [4.78, 5) is 12.3. The van der Waals surface area contributed by atoms with Crippen LogP contribution in [0.15, 0.2) is 45.4 Å². The lowest BCUT2D eigenvalue weighted by atomic mass is 10.2. The number of amides is 1. The minimum Gasteiger partial charge on any atom is -0.493 e. The lowest BCUT2D eigenvalue weighted by Crippen LogP contribution is -2.10. The summed E-state index contributed by atoms with van der Waals surface area (Å²) in [6, 6.07) is 8.69. The second-order valence-electron chi connectivity index (χ2n) is 5.23. The van der Waals surface area contributed by atoms with Gasteiger partial charge in [-0.3, -0.25) is 14.8 Å². The third-order valence-electron chi connectivity index (χ3n) is 3.53. The lowest BCUT2D eigenvalue weighted by Gasteiger charge is -1.98. The average Bonchev–Trinajstić information content (AvgIpc) is 3.32. The molecule has 1 amide bonds. The Labute approximate surface area is 141 Å². The Balaban J connectivity index is 1.57. The van der Waals surface area contributed by atoms with Gasteiger partial charge in [0, 0.05) is 18.6 Å². The number of nitrogens with one attached hydrogen (secondary N) is 1. The number of nitrogens with zero attached hydrogens (tertiary/aromatic N) is 4. The number of anilines is 1. The van der Waals surface area contributed by atoms with Gasteiger partial charge in [0.25, 0.3) is 11.8 Å². The molecule has 0 fully saturated rings. The van der Waals surface area contributed by atoms with Crippen molar-refractivity contribution in [1.29, 1.82) is 0 Å². The van der Waals surface area contributed by atoms with Gasteiger partial charge in [-0.1, -0.05) is 17.2 Å². The van der Waals surface area contributed by atoms with Crippen molar-refractivity contribution in [3.8, 4) is 17.3 Å². The molecule has 1 aromatic carbocycles. The Morgan fingerprint density at radius 3 is 2.88 bits per heavy atom. The zero-order valence-electron chi connectivity index (χ0n) is 13.4. The van der Waals surface area contributed by atoms with Crippen LogP contribution < -0.4 is 10.1 Å². The molecule has 4 rings (SSSR count). The fraction of sp³-hybridized carbons (Fsp3) is 0.125. The Morgan fingerprint density at radius 1 is 1.24 bits per heavy atom. The number of carbonyl (C=O) groups is 1. The predicted octanol–water partition coefficient (Wildman–Crippen LogP) is 2.48. The lowest BCUT2D eigenvalue weighted by molar-refractivity contribution is 0.0995. The van der Waals surface area contributed by atoms with Crippen LogP contribution in [0.25, 0.3) is 22.6 Å². The van der Waals surface area contributed by atoms with E-state index >= 15 is 0 Å². The van der Waals surface area contributed by atoms with Gasteiger partial charge in [-0.15, -0.1) is 5.10 Å². The first-order chi connectivity index (χ1) is 12.1. The minimum absolute atomic E-state index is 0.0434. The first-order valence-electron chi connectivity index (χ1n) is 7.35. The van der Waals surface area contributed by atoms with Crippen molar-refractivity contribution in [2.75, 3.05) is 12.4 Å². The van der Waals surface area contributed by atoms with Crippen molar-refractivity contribution < 1.29 is 18.4 Å². The molecular formula is C16H13N5O4. The number of fused-ring (bicyclic) bond motifs is 1. The van der Waals surface area contributed by atoms with Crippen molar-refractivity contribution >= 4 is 22.9 Å². The van der Waals surface area contributed by atoms with Crippen molar-refractivity contribution in [3.63, 3.8) is 0 Å². The maximum absolute atomic E-state index is 12.3. The van der Waals surface area contributed by atoms with E-state index in [2.05, 4.69) is 20.6 Å². The van der Waals surface area contributed by atoms with Crippen molar-refractivity contribution in [2.24, 2.45) is 7.05 Å². The maximum Gasteiger partial charge on any atom is 0.322 e.